The molecule has 0 saturated heterocycles. The highest BCUT2D eigenvalue weighted by atomic mass is 32.1. The van der Waals surface area contributed by atoms with E-state index in [1.807, 2.05) is 0 Å². The van der Waals surface area contributed by atoms with Gasteiger partial charge in [-0.25, -0.2) is 4.79 Å². The van der Waals surface area contributed by atoms with Crippen LogP contribution in [0.25, 0.3) is 0 Å². The smallest absolute Gasteiger partial charge is 0.326 e. The van der Waals surface area contributed by atoms with Gasteiger partial charge in [-0.05, 0) is 18.8 Å². The van der Waals surface area contributed by atoms with Crippen LogP contribution < -0.4 is 21.7 Å². The molecule has 3 amide bonds. The lowest BCUT2D eigenvalue weighted by molar-refractivity contribution is -0.142. The number of carbonyl (C=O) groups is 5. The van der Waals surface area contributed by atoms with Gasteiger partial charge in [0, 0.05) is 12.2 Å². The molecule has 0 aromatic carbocycles. The average molecular weight is 420 g/mol. The monoisotopic (exact) mass is 420 g/mol. The molecule has 0 radical (unpaired) electrons. The van der Waals surface area contributed by atoms with E-state index in [-0.39, 0.29) is 24.5 Å². The third kappa shape index (κ3) is 10.7. The van der Waals surface area contributed by atoms with Crippen LogP contribution in [-0.2, 0) is 24.0 Å². The molecule has 0 aliphatic heterocycles. The Bertz CT molecular complexity index is 585. The summed E-state index contributed by atoms with van der Waals surface area (Å²) < 4.78 is 0. The van der Waals surface area contributed by atoms with Gasteiger partial charge in [-0.15, -0.1) is 0 Å². The third-order valence-electron chi connectivity index (χ3n) is 3.58. The quantitative estimate of drug-likeness (QED) is 0.172. The Balaban J connectivity index is 4.82. The largest absolute Gasteiger partial charge is 0.481 e. The van der Waals surface area contributed by atoms with Crippen molar-refractivity contribution in [2.75, 3.05) is 12.3 Å². The van der Waals surface area contributed by atoms with Gasteiger partial charge in [0.25, 0.3) is 0 Å². The normalized spacial score (nSPS) is 13.9. The highest BCUT2D eigenvalue weighted by Gasteiger charge is 2.25. The lowest BCUT2D eigenvalue weighted by Crippen LogP contribution is -2.54. The second-order valence-electron chi connectivity index (χ2n) is 6.59. The van der Waals surface area contributed by atoms with Crippen LogP contribution in [0.2, 0.25) is 0 Å². The second kappa shape index (κ2) is 12.9. The molecule has 0 spiro atoms. The molecule has 0 heterocycles. The molecule has 3 atom stereocenters. The summed E-state index contributed by atoms with van der Waals surface area (Å²) in [6.07, 6.45) is -0.386. The van der Waals surface area contributed by atoms with E-state index in [1.54, 1.807) is 13.8 Å². The lowest BCUT2D eigenvalue weighted by atomic mass is 10.0. The minimum absolute atomic E-state index is 0.0218. The van der Waals surface area contributed by atoms with E-state index in [2.05, 4.69) is 28.6 Å². The molecule has 0 aromatic rings. The second-order valence-corrected chi connectivity index (χ2v) is 6.95. The van der Waals surface area contributed by atoms with Gasteiger partial charge in [-0.2, -0.15) is 12.6 Å². The van der Waals surface area contributed by atoms with Crippen molar-refractivity contribution in [3.8, 4) is 0 Å². The summed E-state index contributed by atoms with van der Waals surface area (Å²) >= 11 is 3.87. The molecule has 3 unspecified atom stereocenters. The zero-order chi connectivity index (χ0) is 21.9. The number of carboxylic acids is 2. The minimum atomic E-state index is -1.21. The average Bonchev–Trinajstić information content (AvgIpc) is 2.60. The summed E-state index contributed by atoms with van der Waals surface area (Å²) in [6.45, 7) is 3.07. The molecule has 0 aliphatic rings. The van der Waals surface area contributed by atoms with Crippen LogP contribution in [0.5, 0.6) is 0 Å². The number of carbonyl (C=O) groups excluding carboxylic acids is 3. The van der Waals surface area contributed by atoms with E-state index in [1.165, 1.54) is 0 Å². The zero-order valence-corrected chi connectivity index (χ0v) is 16.7. The highest BCUT2D eigenvalue weighted by Crippen LogP contribution is 2.05. The van der Waals surface area contributed by atoms with Crippen LogP contribution >= 0.6 is 12.6 Å². The number of thiol groups is 1. The van der Waals surface area contributed by atoms with Gasteiger partial charge in [0.2, 0.25) is 17.7 Å². The van der Waals surface area contributed by atoms with Gasteiger partial charge >= 0.3 is 11.9 Å². The summed E-state index contributed by atoms with van der Waals surface area (Å²) in [7, 11) is 0. The van der Waals surface area contributed by atoms with Crippen LogP contribution in [0.4, 0.5) is 0 Å². The van der Waals surface area contributed by atoms with E-state index >= 15 is 0 Å². The van der Waals surface area contributed by atoms with Crippen LogP contribution in [0.1, 0.15) is 33.1 Å². The standard InChI is InChI=1S/C16H28N4O7S/c1-8(2)5-11(16(26)27)19-12(21)6-18-15(25)10(3-4-13(22)23)20-14(24)9(17)7-28/h8-11,28H,3-7,17H2,1-2H3,(H,18,25)(H,19,21)(H,20,24)(H,22,23)(H,26,27). The first-order chi connectivity index (χ1) is 13.0. The molecule has 0 aliphatic carbocycles. The Morgan fingerprint density at radius 1 is 1.00 bits per heavy atom. The summed E-state index contributed by atoms with van der Waals surface area (Å²) in [5.74, 6) is -4.50. The van der Waals surface area contributed by atoms with Crippen molar-refractivity contribution in [2.45, 2.75) is 51.2 Å². The fourth-order valence-corrected chi connectivity index (χ4v) is 2.29. The fraction of sp³-hybridized carbons (Fsp3) is 0.688. The van der Waals surface area contributed by atoms with Gasteiger partial charge in [-0.1, -0.05) is 13.8 Å². The van der Waals surface area contributed by atoms with Crippen LogP contribution in [0.3, 0.4) is 0 Å². The number of amides is 3. The molecule has 0 rings (SSSR count). The number of nitrogens with two attached hydrogens (primary N) is 1. The van der Waals surface area contributed by atoms with Gasteiger partial charge in [0.05, 0.1) is 12.6 Å². The molecular weight excluding hydrogens is 392 g/mol. The number of carboxylic acid groups (broad SMARTS) is 2. The summed E-state index contributed by atoms with van der Waals surface area (Å²) in [4.78, 5) is 57.9. The van der Waals surface area contributed by atoms with Crippen molar-refractivity contribution in [1.82, 2.24) is 16.0 Å². The Kier molecular flexibility index (Phi) is 11.9. The van der Waals surface area contributed by atoms with E-state index in [0.717, 1.165) is 0 Å². The first kappa shape index (κ1) is 25.7. The third-order valence-corrected chi connectivity index (χ3v) is 3.97. The molecule has 7 N–H and O–H groups in total. The molecule has 0 aromatic heterocycles. The highest BCUT2D eigenvalue weighted by molar-refractivity contribution is 7.80. The number of hydrogen-bond donors (Lipinski definition) is 7. The number of aliphatic carboxylic acids is 2. The predicted octanol–water partition coefficient (Wildman–Crippen LogP) is -1.68. The number of nitrogens with one attached hydrogen (secondary N) is 3. The molecule has 0 saturated carbocycles. The lowest BCUT2D eigenvalue weighted by Gasteiger charge is -2.20. The minimum Gasteiger partial charge on any atom is -0.481 e. The van der Waals surface area contributed by atoms with Crippen LogP contribution in [-0.4, -0.2) is 70.3 Å². The van der Waals surface area contributed by atoms with Crippen molar-refractivity contribution >= 4 is 42.3 Å². The summed E-state index contributed by atoms with van der Waals surface area (Å²) in [5, 5.41) is 24.8. The van der Waals surface area contributed by atoms with Crippen LogP contribution in [0.15, 0.2) is 0 Å². The molecule has 0 bridgehead atoms. The zero-order valence-electron chi connectivity index (χ0n) is 15.8. The summed E-state index contributed by atoms with van der Waals surface area (Å²) in [6, 6.07) is -3.30. The van der Waals surface area contributed by atoms with Crippen molar-refractivity contribution < 1.29 is 34.2 Å². The molecule has 28 heavy (non-hydrogen) atoms. The molecule has 160 valence electrons. The first-order valence-electron chi connectivity index (χ1n) is 8.66. The van der Waals surface area contributed by atoms with Crippen molar-refractivity contribution in [3.05, 3.63) is 0 Å². The Hall–Kier alpha value is -2.34. The number of rotatable bonds is 13. The Morgan fingerprint density at radius 3 is 2.07 bits per heavy atom. The number of hydrogen-bond acceptors (Lipinski definition) is 7. The van der Waals surface area contributed by atoms with Crippen molar-refractivity contribution in [3.63, 3.8) is 0 Å². The maximum Gasteiger partial charge on any atom is 0.326 e. The molecule has 11 nitrogen and oxygen atoms in total. The van der Waals surface area contributed by atoms with Crippen molar-refractivity contribution in [1.29, 1.82) is 0 Å². The van der Waals surface area contributed by atoms with E-state index in [0.29, 0.717) is 0 Å². The SMILES string of the molecule is CC(C)CC(NC(=O)CNC(=O)C(CCC(=O)O)NC(=O)C(N)CS)C(=O)O. The van der Waals surface area contributed by atoms with Crippen LogP contribution in [0, 0.1) is 5.92 Å². The molecular formula is C16H28N4O7S. The molecule has 0 fully saturated rings. The predicted molar refractivity (Wildman–Crippen MR) is 103 cm³/mol. The maximum atomic E-state index is 12.2. The molecule has 12 heteroatoms. The van der Waals surface area contributed by atoms with Gasteiger partial charge < -0.3 is 31.9 Å². The Morgan fingerprint density at radius 2 is 1.61 bits per heavy atom. The van der Waals surface area contributed by atoms with E-state index in [9.17, 15) is 24.0 Å². The summed E-state index contributed by atoms with van der Waals surface area (Å²) in [5.41, 5.74) is 5.51. The van der Waals surface area contributed by atoms with Gasteiger partial charge in [0.1, 0.15) is 12.1 Å². The fourth-order valence-electron chi connectivity index (χ4n) is 2.13. The van der Waals surface area contributed by atoms with E-state index < -0.39 is 60.8 Å². The topological polar surface area (TPSA) is 188 Å². The Labute approximate surface area is 168 Å². The van der Waals surface area contributed by atoms with Gasteiger partial charge in [0.15, 0.2) is 0 Å². The van der Waals surface area contributed by atoms with E-state index in [4.69, 9.17) is 15.9 Å². The van der Waals surface area contributed by atoms with Crippen molar-refractivity contribution in [2.24, 2.45) is 11.7 Å². The van der Waals surface area contributed by atoms with Gasteiger partial charge in [-0.3, -0.25) is 19.2 Å². The maximum absolute atomic E-state index is 12.2. The first-order valence-corrected chi connectivity index (χ1v) is 9.29.